The molecule has 0 aliphatic rings. The Bertz CT molecular complexity index is 3790. The van der Waals surface area contributed by atoms with Gasteiger partial charge in [-0.3, -0.25) is 0 Å². The topological polar surface area (TPSA) is 43.9 Å². The summed E-state index contributed by atoms with van der Waals surface area (Å²) in [6.45, 7) is 0. The number of fused-ring (bicyclic) bond motifs is 8. The van der Waals surface area contributed by atoms with Crippen LogP contribution in [0, 0.1) is 0 Å². The van der Waals surface area contributed by atoms with Crippen LogP contribution < -0.4 is 0 Å². The van der Waals surface area contributed by atoms with E-state index in [1.807, 2.05) is 12.1 Å². The third-order valence-electron chi connectivity index (χ3n) is 13.1. The van der Waals surface area contributed by atoms with Gasteiger partial charge < -0.3 is 8.98 Å². The normalized spacial score (nSPS) is 11.6. The standard InChI is InChI=1S/C62H39N3O/c1-3-14-40(15-4-1)42-26-32-45(33-27-42)54-39-55(64-62(63-54)47-36-28-43(29-37-47)41-16-5-2-6-17-41)46-34-30-44(31-35-46)52-38-53-60-58(24-13-25-59(60)66-61(53)51-21-8-7-18-48(51)52)65-56-22-11-9-19-49(56)50-20-10-12-23-57(50)65/h1-39H. The maximum absolute atomic E-state index is 6.82. The van der Waals surface area contributed by atoms with Crippen LogP contribution in [-0.2, 0) is 0 Å². The van der Waals surface area contributed by atoms with Crippen LogP contribution in [0.4, 0.5) is 0 Å². The summed E-state index contributed by atoms with van der Waals surface area (Å²) in [5.74, 6) is 0.681. The van der Waals surface area contributed by atoms with Gasteiger partial charge in [-0.25, -0.2) is 9.97 Å². The van der Waals surface area contributed by atoms with Gasteiger partial charge in [0.2, 0.25) is 0 Å². The van der Waals surface area contributed by atoms with E-state index in [1.165, 1.54) is 32.9 Å². The summed E-state index contributed by atoms with van der Waals surface area (Å²) < 4.78 is 9.22. The van der Waals surface area contributed by atoms with Crippen LogP contribution in [0.1, 0.15) is 0 Å². The summed E-state index contributed by atoms with van der Waals surface area (Å²) in [5.41, 5.74) is 16.9. The van der Waals surface area contributed by atoms with E-state index in [4.69, 9.17) is 14.4 Å². The zero-order valence-corrected chi connectivity index (χ0v) is 35.8. The van der Waals surface area contributed by atoms with Crippen LogP contribution in [0.25, 0.3) is 127 Å². The van der Waals surface area contributed by atoms with Crippen molar-refractivity contribution in [1.29, 1.82) is 0 Å². The predicted octanol–water partition coefficient (Wildman–Crippen LogP) is 16.6. The summed E-state index contributed by atoms with van der Waals surface area (Å²) in [7, 11) is 0. The molecule has 13 aromatic rings. The lowest BCUT2D eigenvalue weighted by Gasteiger charge is -2.12. The van der Waals surface area contributed by atoms with Crippen LogP contribution in [0.2, 0.25) is 0 Å². The molecule has 3 aromatic heterocycles. The first kappa shape index (κ1) is 37.7. The molecule has 13 rings (SSSR count). The number of furan rings is 1. The van der Waals surface area contributed by atoms with Crippen LogP contribution in [0.3, 0.4) is 0 Å². The fourth-order valence-electron chi connectivity index (χ4n) is 9.84. The van der Waals surface area contributed by atoms with Gasteiger partial charge in [0.05, 0.1) is 33.5 Å². The molecule has 3 heterocycles. The van der Waals surface area contributed by atoms with Gasteiger partial charge in [-0.2, -0.15) is 0 Å². The highest BCUT2D eigenvalue weighted by Crippen LogP contribution is 2.44. The zero-order chi connectivity index (χ0) is 43.6. The van der Waals surface area contributed by atoms with E-state index < -0.39 is 0 Å². The minimum absolute atomic E-state index is 0.681. The number of rotatable bonds is 7. The first-order valence-electron chi connectivity index (χ1n) is 22.4. The molecule has 0 bridgehead atoms. The quantitative estimate of drug-likeness (QED) is 0.161. The SMILES string of the molecule is c1ccc(-c2ccc(-c3cc(-c4ccc(-c5cc6c(oc7cccc(-n8c9ccccc9c9ccccc98)c76)c6ccccc56)cc4)nc(-c4ccc(-c5ccccc5)cc4)n3)cc2)cc1. The Hall–Kier alpha value is -8.86. The lowest BCUT2D eigenvalue weighted by atomic mass is 9.94. The lowest BCUT2D eigenvalue weighted by Crippen LogP contribution is -1.96. The van der Waals surface area contributed by atoms with E-state index in [2.05, 4.69) is 229 Å². The summed E-state index contributed by atoms with van der Waals surface area (Å²) in [6.07, 6.45) is 0. The lowest BCUT2D eigenvalue weighted by molar-refractivity contribution is 0.672. The Morgan fingerprint density at radius 3 is 1.35 bits per heavy atom. The molecule has 0 atom stereocenters. The summed E-state index contributed by atoms with van der Waals surface area (Å²) in [5, 5.41) is 6.86. The molecular weight excluding hydrogens is 803 g/mol. The maximum Gasteiger partial charge on any atom is 0.160 e. The van der Waals surface area contributed by atoms with E-state index in [1.54, 1.807) is 0 Å². The molecule has 0 aliphatic carbocycles. The van der Waals surface area contributed by atoms with Gasteiger partial charge in [0.1, 0.15) is 11.2 Å². The van der Waals surface area contributed by atoms with Crippen LogP contribution in [-0.4, -0.2) is 14.5 Å². The molecule has 0 aliphatic heterocycles. The summed E-state index contributed by atoms with van der Waals surface area (Å²) in [6, 6.07) is 83.8. The van der Waals surface area contributed by atoms with Gasteiger partial charge in [-0.15, -0.1) is 0 Å². The highest BCUT2D eigenvalue weighted by atomic mass is 16.3. The van der Waals surface area contributed by atoms with Gasteiger partial charge in [-0.05, 0) is 75.2 Å². The van der Waals surface area contributed by atoms with Crippen molar-refractivity contribution in [1.82, 2.24) is 14.5 Å². The van der Waals surface area contributed by atoms with E-state index >= 15 is 0 Å². The molecule has 0 fully saturated rings. The van der Waals surface area contributed by atoms with Gasteiger partial charge in [0.15, 0.2) is 5.82 Å². The van der Waals surface area contributed by atoms with Crippen molar-refractivity contribution in [2.45, 2.75) is 0 Å². The smallest absolute Gasteiger partial charge is 0.160 e. The Balaban J connectivity index is 0.941. The average molecular weight is 842 g/mol. The van der Waals surface area contributed by atoms with Crippen LogP contribution in [0.5, 0.6) is 0 Å². The third-order valence-corrected chi connectivity index (χ3v) is 13.1. The average Bonchev–Trinajstić information content (AvgIpc) is 3.95. The highest BCUT2D eigenvalue weighted by molar-refractivity contribution is 6.22. The minimum atomic E-state index is 0.681. The molecule has 308 valence electrons. The van der Waals surface area contributed by atoms with Crippen molar-refractivity contribution in [3.05, 3.63) is 237 Å². The second-order valence-electron chi connectivity index (χ2n) is 16.9. The first-order chi connectivity index (χ1) is 32.7. The number of para-hydroxylation sites is 2. The molecule has 10 aromatic carbocycles. The van der Waals surface area contributed by atoms with Crippen LogP contribution >= 0.6 is 0 Å². The fourth-order valence-corrected chi connectivity index (χ4v) is 9.84. The van der Waals surface area contributed by atoms with Crippen molar-refractivity contribution < 1.29 is 4.42 Å². The number of aromatic nitrogens is 3. The van der Waals surface area contributed by atoms with E-state index in [0.717, 1.165) is 88.7 Å². The summed E-state index contributed by atoms with van der Waals surface area (Å²) >= 11 is 0. The predicted molar refractivity (Wildman–Crippen MR) is 274 cm³/mol. The number of benzene rings is 10. The van der Waals surface area contributed by atoms with E-state index in [-0.39, 0.29) is 0 Å². The zero-order valence-electron chi connectivity index (χ0n) is 35.8. The molecule has 0 saturated heterocycles. The molecular formula is C62H39N3O. The second-order valence-corrected chi connectivity index (χ2v) is 16.9. The highest BCUT2D eigenvalue weighted by Gasteiger charge is 2.21. The monoisotopic (exact) mass is 841 g/mol. The van der Waals surface area contributed by atoms with Gasteiger partial charge >= 0.3 is 0 Å². The molecule has 0 radical (unpaired) electrons. The van der Waals surface area contributed by atoms with Crippen molar-refractivity contribution in [3.63, 3.8) is 0 Å². The van der Waals surface area contributed by atoms with Crippen molar-refractivity contribution >= 4 is 54.5 Å². The molecule has 4 heteroatoms. The van der Waals surface area contributed by atoms with Crippen molar-refractivity contribution in [3.8, 4) is 73.0 Å². The number of nitrogens with zero attached hydrogens (tertiary/aromatic N) is 3. The maximum atomic E-state index is 6.82. The summed E-state index contributed by atoms with van der Waals surface area (Å²) in [4.78, 5) is 10.4. The van der Waals surface area contributed by atoms with Crippen molar-refractivity contribution in [2.24, 2.45) is 0 Å². The molecule has 0 spiro atoms. The molecule has 0 amide bonds. The van der Waals surface area contributed by atoms with Crippen LogP contribution in [0.15, 0.2) is 241 Å². The Kier molecular flexibility index (Phi) is 8.81. The third kappa shape index (κ3) is 6.30. The minimum Gasteiger partial charge on any atom is -0.455 e. The van der Waals surface area contributed by atoms with Gasteiger partial charge in [0, 0.05) is 38.2 Å². The fraction of sp³-hybridized carbons (Fsp3) is 0. The number of hydrogen-bond acceptors (Lipinski definition) is 3. The first-order valence-corrected chi connectivity index (χ1v) is 22.4. The van der Waals surface area contributed by atoms with Crippen molar-refractivity contribution in [2.75, 3.05) is 0 Å². The Labute approximate surface area is 381 Å². The van der Waals surface area contributed by atoms with Gasteiger partial charge in [0.25, 0.3) is 0 Å². The number of hydrogen-bond donors (Lipinski definition) is 0. The molecule has 0 saturated carbocycles. The van der Waals surface area contributed by atoms with E-state index in [0.29, 0.717) is 5.82 Å². The second kappa shape index (κ2) is 15.4. The molecule has 66 heavy (non-hydrogen) atoms. The molecule has 4 nitrogen and oxygen atoms in total. The molecule has 0 unspecified atom stereocenters. The Morgan fingerprint density at radius 1 is 0.318 bits per heavy atom. The molecule has 0 N–H and O–H groups in total. The largest absolute Gasteiger partial charge is 0.455 e. The Morgan fingerprint density at radius 2 is 0.773 bits per heavy atom. The van der Waals surface area contributed by atoms with Gasteiger partial charge in [-0.1, -0.05) is 200 Å². The van der Waals surface area contributed by atoms with E-state index in [9.17, 15) is 0 Å².